The molecule has 0 radical (unpaired) electrons. The van der Waals surface area contributed by atoms with Gasteiger partial charge in [-0.15, -0.1) is 11.3 Å². The highest BCUT2D eigenvalue weighted by atomic mass is 32.1. The summed E-state index contributed by atoms with van der Waals surface area (Å²) in [5, 5.41) is 6.31. The van der Waals surface area contributed by atoms with Crippen LogP contribution in [0.1, 0.15) is 37.4 Å². The third-order valence-electron chi connectivity index (χ3n) is 2.23. The Bertz CT molecular complexity index is 334. The van der Waals surface area contributed by atoms with Gasteiger partial charge < -0.3 is 5.32 Å². The molecule has 1 N–H and O–H groups in total. The number of carbonyl (C=O) groups is 1. The van der Waals surface area contributed by atoms with Crippen LogP contribution in [0.25, 0.3) is 0 Å². The number of hydrogen-bond donors (Lipinski definition) is 1. The summed E-state index contributed by atoms with van der Waals surface area (Å²) in [6, 6.07) is 0.497. The van der Waals surface area contributed by atoms with Crippen molar-refractivity contribution in [3.8, 4) is 0 Å². The fourth-order valence-electron chi connectivity index (χ4n) is 1.46. The van der Waals surface area contributed by atoms with E-state index >= 15 is 0 Å². The highest BCUT2D eigenvalue weighted by Gasteiger charge is 2.06. The van der Waals surface area contributed by atoms with Gasteiger partial charge in [-0.25, -0.2) is 4.98 Å². The van der Waals surface area contributed by atoms with E-state index in [1.54, 1.807) is 11.3 Å². The van der Waals surface area contributed by atoms with E-state index in [-0.39, 0.29) is 5.78 Å². The molecule has 16 heavy (non-hydrogen) atoms. The molecule has 0 spiro atoms. The molecule has 1 aromatic rings. The average Bonchev–Trinajstić information content (AvgIpc) is 2.58. The fraction of sp³-hybridized carbons (Fsp3) is 0.667. The topological polar surface area (TPSA) is 42.0 Å². The van der Waals surface area contributed by atoms with Crippen molar-refractivity contribution in [3.05, 3.63) is 16.1 Å². The van der Waals surface area contributed by atoms with E-state index in [1.807, 2.05) is 12.3 Å². The summed E-state index contributed by atoms with van der Waals surface area (Å²) in [5.74, 6) is 0.288. The molecule has 1 aromatic heterocycles. The van der Waals surface area contributed by atoms with E-state index in [2.05, 4.69) is 24.1 Å². The lowest BCUT2D eigenvalue weighted by Gasteiger charge is -2.06. The molecule has 0 amide bonds. The van der Waals surface area contributed by atoms with Gasteiger partial charge in [0.15, 0.2) is 0 Å². The molecule has 1 rings (SSSR count). The summed E-state index contributed by atoms with van der Waals surface area (Å²) in [7, 11) is 0. The molecule has 0 fully saturated rings. The van der Waals surface area contributed by atoms with E-state index < -0.39 is 0 Å². The van der Waals surface area contributed by atoms with Gasteiger partial charge in [0.1, 0.15) is 5.78 Å². The lowest BCUT2D eigenvalue weighted by Crippen LogP contribution is -2.24. The molecule has 3 nitrogen and oxygen atoms in total. The number of aryl methyl sites for hydroxylation is 1. The molecule has 0 unspecified atom stereocenters. The zero-order valence-corrected chi connectivity index (χ0v) is 11.1. The van der Waals surface area contributed by atoms with Crippen LogP contribution >= 0.6 is 11.3 Å². The molecule has 0 aliphatic rings. The lowest BCUT2D eigenvalue weighted by molar-refractivity contribution is -0.118. The van der Waals surface area contributed by atoms with Gasteiger partial charge in [-0.05, 0) is 19.9 Å². The SMILES string of the molecule is Cc1nc(CC(=O)CCCNC(C)C)cs1. The van der Waals surface area contributed by atoms with E-state index in [9.17, 15) is 4.79 Å². The minimum Gasteiger partial charge on any atom is -0.315 e. The summed E-state index contributed by atoms with van der Waals surface area (Å²) in [5.41, 5.74) is 0.921. The van der Waals surface area contributed by atoms with Crippen LogP contribution in [0.2, 0.25) is 0 Å². The molecule has 0 aliphatic heterocycles. The van der Waals surface area contributed by atoms with E-state index in [1.165, 1.54) is 0 Å². The van der Waals surface area contributed by atoms with Gasteiger partial charge in [0, 0.05) is 24.3 Å². The smallest absolute Gasteiger partial charge is 0.138 e. The minimum absolute atomic E-state index is 0.288. The first-order valence-corrected chi connectivity index (χ1v) is 6.62. The van der Waals surface area contributed by atoms with Gasteiger partial charge in [-0.1, -0.05) is 13.8 Å². The number of Topliss-reactive ketones (excluding diaryl/α,β-unsaturated/α-hetero) is 1. The molecular weight excluding hydrogens is 220 g/mol. The minimum atomic E-state index is 0.288. The highest BCUT2D eigenvalue weighted by molar-refractivity contribution is 7.09. The molecule has 1 heterocycles. The van der Waals surface area contributed by atoms with Crippen LogP contribution in [0.15, 0.2) is 5.38 Å². The second-order valence-corrected chi connectivity index (χ2v) is 5.35. The Morgan fingerprint density at radius 2 is 2.31 bits per heavy atom. The van der Waals surface area contributed by atoms with E-state index in [4.69, 9.17) is 0 Å². The number of carbonyl (C=O) groups excluding carboxylic acids is 1. The van der Waals surface area contributed by atoms with E-state index in [0.717, 1.165) is 23.7 Å². The largest absolute Gasteiger partial charge is 0.315 e. The average molecular weight is 240 g/mol. The Morgan fingerprint density at radius 1 is 1.56 bits per heavy atom. The first-order chi connectivity index (χ1) is 7.58. The van der Waals surface area contributed by atoms with Crippen LogP contribution in [0, 0.1) is 6.92 Å². The lowest BCUT2D eigenvalue weighted by atomic mass is 10.1. The summed E-state index contributed by atoms with van der Waals surface area (Å²) in [6.07, 6.45) is 2.06. The molecular formula is C12H20N2OS. The number of thiazole rings is 1. The maximum Gasteiger partial charge on any atom is 0.138 e. The van der Waals surface area contributed by atoms with Gasteiger partial charge in [0.2, 0.25) is 0 Å². The van der Waals surface area contributed by atoms with Crippen molar-refractivity contribution < 1.29 is 4.79 Å². The molecule has 0 aliphatic carbocycles. The van der Waals surface area contributed by atoms with Gasteiger partial charge in [-0.2, -0.15) is 0 Å². The Hall–Kier alpha value is -0.740. The number of ketones is 1. The maximum atomic E-state index is 11.6. The predicted molar refractivity (Wildman–Crippen MR) is 67.9 cm³/mol. The van der Waals surface area contributed by atoms with Gasteiger partial charge in [0.05, 0.1) is 10.7 Å². The third-order valence-corrected chi connectivity index (χ3v) is 3.05. The molecule has 90 valence electrons. The standard InChI is InChI=1S/C12H20N2OS/c1-9(2)13-6-4-5-12(15)7-11-8-16-10(3)14-11/h8-9,13H,4-7H2,1-3H3. The molecule has 0 atom stereocenters. The molecule has 0 aromatic carbocycles. The van der Waals surface area contributed by atoms with Crippen LogP contribution in [0.3, 0.4) is 0 Å². The van der Waals surface area contributed by atoms with Crippen molar-refractivity contribution >= 4 is 17.1 Å². The number of nitrogens with one attached hydrogen (secondary N) is 1. The zero-order chi connectivity index (χ0) is 12.0. The van der Waals surface area contributed by atoms with Gasteiger partial charge in [0.25, 0.3) is 0 Å². The fourth-order valence-corrected chi connectivity index (χ4v) is 2.07. The molecule has 0 saturated heterocycles. The Balaban J connectivity index is 2.16. The summed E-state index contributed by atoms with van der Waals surface area (Å²) in [4.78, 5) is 15.9. The summed E-state index contributed by atoms with van der Waals surface area (Å²) < 4.78 is 0. The van der Waals surface area contributed by atoms with Crippen LogP contribution in [0.4, 0.5) is 0 Å². The quantitative estimate of drug-likeness (QED) is 0.744. The van der Waals surface area contributed by atoms with Crippen molar-refractivity contribution in [1.82, 2.24) is 10.3 Å². The van der Waals surface area contributed by atoms with Crippen molar-refractivity contribution in [2.45, 2.75) is 46.1 Å². The van der Waals surface area contributed by atoms with Crippen molar-refractivity contribution in [3.63, 3.8) is 0 Å². The van der Waals surface area contributed by atoms with Crippen LogP contribution in [-0.2, 0) is 11.2 Å². The number of rotatable bonds is 7. The van der Waals surface area contributed by atoms with Crippen LogP contribution < -0.4 is 5.32 Å². The summed E-state index contributed by atoms with van der Waals surface area (Å²) in [6.45, 7) is 7.10. The van der Waals surface area contributed by atoms with E-state index in [0.29, 0.717) is 18.9 Å². The Morgan fingerprint density at radius 3 is 2.88 bits per heavy atom. The molecule has 0 bridgehead atoms. The first-order valence-electron chi connectivity index (χ1n) is 5.74. The molecule has 0 saturated carbocycles. The Labute approximate surface area is 101 Å². The van der Waals surface area contributed by atoms with Crippen LogP contribution in [-0.4, -0.2) is 23.4 Å². The van der Waals surface area contributed by atoms with Crippen molar-refractivity contribution in [2.75, 3.05) is 6.54 Å². The Kier molecular flexibility index (Phi) is 5.63. The van der Waals surface area contributed by atoms with Crippen molar-refractivity contribution in [2.24, 2.45) is 0 Å². The van der Waals surface area contributed by atoms with Gasteiger partial charge in [-0.3, -0.25) is 4.79 Å². The monoisotopic (exact) mass is 240 g/mol. The highest BCUT2D eigenvalue weighted by Crippen LogP contribution is 2.09. The number of hydrogen-bond acceptors (Lipinski definition) is 4. The summed E-state index contributed by atoms with van der Waals surface area (Å²) >= 11 is 1.60. The molecule has 4 heteroatoms. The first kappa shape index (κ1) is 13.3. The second kappa shape index (κ2) is 6.76. The van der Waals surface area contributed by atoms with Gasteiger partial charge >= 0.3 is 0 Å². The van der Waals surface area contributed by atoms with Crippen molar-refractivity contribution in [1.29, 1.82) is 0 Å². The number of nitrogens with zero attached hydrogens (tertiary/aromatic N) is 1. The normalized spacial score (nSPS) is 11.0. The van der Waals surface area contributed by atoms with Crippen LogP contribution in [0.5, 0.6) is 0 Å². The number of aromatic nitrogens is 1. The maximum absolute atomic E-state index is 11.6. The third kappa shape index (κ3) is 5.37. The zero-order valence-electron chi connectivity index (χ0n) is 10.2. The predicted octanol–water partition coefficient (Wildman–Crippen LogP) is 2.34. The second-order valence-electron chi connectivity index (χ2n) is 4.29.